The molecule has 6 nitrogen and oxygen atoms in total. The molecule has 1 saturated carbocycles. The molecule has 1 aliphatic carbocycles. The number of fused-ring (bicyclic) bond motifs is 1. The van der Waals surface area contributed by atoms with Crippen LogP contribution in [0.1, 0.15) is 58.8 Å². The van der Waals surface area contributed by atoms with Crippen LogP contribution in [-0.2, 0) is 11.3 Å². The zero-order valence-corrected chi connectivity index (χ0v) is 19.6. The van der Waals surface area contributed by atoms with Crippen LogP contribution in [0.3, 0.4) is 0 Å². The van der Waals surface area contributed by atoms with E-state index in [2.05, 4.69) is 9.88 Å². The zero-order chi connectivity index (χ0) is 23.8. The maximum Gasteiger partial charge on any atom is 0.335 e. The van der Waals surface area contributed by atoms with E-state index in [4.69, 9.17) is 9.47 Å². The number of halogens is 1. The van der Waals surface area contributed by atoms with Gasteiger partial charge < -0.3 is 19.6 Å². The maximum absolute atomic E-state index is 14.9. The van der Waals surface area contributed by atoms with Crippen LogP contribution in [0, 0.1) is 18.7 Å². The van der Waals surface area contributed by atoms with Gasteiger partial charge in [-0.15, -0.1) is 0 Å². The quantitative estimate of drug-likeness (QED) is 0.462. The van der Waals surface area contributed by atoms with Gasteiger partial charge in [0.05, 0.1) is 24.3 Å². The molecule has 7 heteroatoms. The van der Waals surface area contributed by atoms with Gasteiger partial charge in [-0.05, 0) is 67.9 Å². The van der Waals surface area contributed by atoms with E-state index in [0.29, 0.717) is 23.6 Å². The van der Waals surface area contributed by atoms with Crippen molar-refractivity contribution in [1.82, 2.24) is 9.88 Å². The highest BCUT2D eigenvalue weighted by Gasteiger charge is 2.33. The monoisotopic (exact) mass is 466 g/mol. The molecule has 2 fully saturated rings. The normalized spacial score (nSPS) is 21.1. The number of aromatic amines is 1. The first-order valence-corrected chi connectivity index (χ1v) is 12.0. The van der Waals surface area contributed by atoms with Gasteiger partial charge in [-0.1, -0.05) is 12.1 Å². The van der Waals surface area contributed by atoms with Gasteiger partial charge in [0.25, 0.3) is 0 Å². The lowest BCUT2D eigenvalue weighted by Crippen LogP contribution is -2.39. The Hall–Kier alpha value is -2.90. The summed E-state index contributed by atoms with van der Waals surface area (Å²) in [5.41, 5.74) is 3.86. The Balaban J connectivity index is 1.47. The number of nitrogens with one attached hydrogen (secondary N) is 1. The molecule has 5 rings (SSSR count). The van der Waals surface area contributed by atoms with E-state index in [1.54, 1.807) is 19.2 Å². The number of piperidine rings is 1. The topological polar surface area (TPSA) is 74.8 Å². The molecule has 2 N–H and O–H groups in total. The number of aryl methyl sites for hydroxylation is 1. The zero-order valence-electron chi connectivity index (χ0n) is 19.6. The molecule has 2 atom stereocenters. The van der Waals surface area contributed by atoms with Crippen molar-refractivity contribution in [2.24, 2.45) is 5.92 Å². The Labute approximate surface area is 198 Å². The minimum absolute atomic E-state index is 0.0314. The van der Waals surface area contributed by atoms with Crippen molar-refractivity contribution >= 4 is 16.9 Å². The summed E-state index contributed by atoms with van der Waals surface area (Å²) in [6.45, 7) is 4.08. The molecule has 2 heterocycles. The number of ether oxygens (including phenoxy) is 2. The minimum Gasteiger partial charge on any atom is -0.496 e. The summed E-state index contributed by atoms with van der Waals surface area (Å²) in [5.74, 6) is 0.160. The second-order valence-corrected chi connectivity index (χ2v) is 9.60. The Morgan fingerprint density at radius 2 is 2.00 bits per heavy atom. The third kappa shape index (κ3) is 4.55. The van der Waals surface area contributed by atoms with Crippen LogP contribution in [0.25, 0.3) is 10.9 Å². The van der Waals surface area contributed by atoms with Crippen molar-refractivity contribution in [2.45, 2.75) is 51.3 Å². The van der Waals surface area contributed by atoms with Crippen molar-refractivity contribution in [3.05, 3.63) is 64.6 Å². The van der Waals surface area contributed by atoms with E-state index in [0.717, 1.165) is 48.2 Å². The van der Waals surface area contributed by atoms with Crippen LogP contribution in [0.2, 0.25) is 0 Å². The molecule has 1 saturated heterocycles. The summed E-state index contributed by atoms with van der Waals surface area (Å²) in [6, 6.07) is 9.08. The van der Waals surface area contributed by atoms with E-state index >= 15 is 0 Å². The summed E-state index contributed by atoms with van der Waals surface area (Å²) in [6.07, 6.45) is 5.79. The molecule has 1 aromatic heterocycles. The second-order valence-electron chi connectivity index (χ2n) is 9.60. The van der Waals surface area contributed by atoms with Gasteiger partial charge in [-0.3, -0.25) is 4.90 Å². The fraction of sp³-hybridized carbons (Fsp3) is 0.444. The molecule has 0 amide bonds. The first kappa shape index (κ1) is 22.9. The maximum atomic E-state index is 14.9. The number of hydrogen-bond acceptors (Lipinski definition) is 4. The van der Waals surface area contributed by atoms with Gasteiger partial charge >= 0.3 is 5.97 Å². The fourth-order valence-electron chi connectivity index (χ4n) is 5.10. The highest BCUT2D eigenvalue weighted by molar-refractivity contribution is 5.89. The first-order chi connectivity index (χ1) is 16.4. The van der Waals surface area contributed by atoms with Crippen LogP contribution >= 0.6 is 0 Å². The molecule has 0 spiro atoms. The Kier molecular flexibility index (Phi) is 6.32. The van der Waals surface area contributed by atoms with Crippen LogP contribution in [0.5, 0.6) is 5.75 Å². The number of hydrogen-bond donors (Lipinski definition) is 2. The van der Waals surface area contributed by atoms with E-state index in [-0.39, 0.29) is 23.5 Å². The minimum atomic E-state index is -0.938. The molecule has 180 valence electrons. The Morgan fingerprint density at radius 3 is 2.68 bits per heavy atom. The van der Waals surface area contributed by atoms with Crippen molar-refractivity contribution in [2.75, 3.05) is 20.3 Å². The predicted molar refractivity (Wildman–Crippen MR) is 128 cm³/mol. The molecule has 0 bridgehead atoms. The van der Waals surface area contributed by atoms with Crippen molar-refractivity contribution in [1.29, 1.82) is 0 Å². The van der Waals surface area contributed by atoms with Gasteiger partial charge in [0.2, 0.25) is 0 Å². The average Bonchev–Trinajstić information content (AvgIpc) is 3.59. The van der Waals surface area contributed by atoms with Gasteiger partial charge in [0.1, 0.15) is 11.6 Å². The van der Waals surface area contributed by atoms with Crippen molar-refractivity contribution in [3.8, 4) is 5.75 Å². The van der Waals surface area contributed by atoms with Crippen LogP contribution in [-0.4, -0.2) is 47.3 Å². The fourth-order valence-corrected chi connectivity index (χ4v) is 5.10. The molecule has 0 unspecified atom stereocenters. The average molecular weight is 467 g/mol. The first-order valence-electron chi connectivity index (χ1n) is 12.0. The number of carbonyl (C=O) groups is 1. The number of carboxylic acids is 1. The number of methoxy groups -OCH3 is 1. The number of carboxylic acid groups (broad SMARTS) is 1. The summed E-state index contributed by atoms with van der Waals surface area (Å²) < 4.78 is 26.8. The number of aromatic nitrogens is 1. The second kappa shape index (κ2) is 9.39. The molecule has 2 aromatic carbocycles. The van der Waals surface area contributed by atoms with Gasteiger partial charge in [0, 0.05) is 42.9 Å². The molecule has 2 aliphatic rings. The molecule has 1 aliphatic heterocycles. The highest BCUT2D eigenvalue weighted by atomic mass is 19.1. The number of H-pyrrole nitrogens is 1. The van der Waals surface area contributed by atoms with Crippen LogP contribution in [0.4, 0.5) is 4.39 Å². The lowest BCUT2D eigenvalue weighted by Gasteiger charge is -2.40. The van der Waals surface area contributed by atoms with Gasteiger partial charge in [-0.25, -0.2) is 9.18 Å². The SMILES string of the molecule is COc1cc(C)c2[nH]cc(F)c2c1CN1CC[C@H](OCC2CC2)C[C@H]1c1ccc(C(=O)O)cc1. The summed E-state index contributed by atoms with van der Waals surface area (Å²) >= 11 is 0. The predicted octanol–water partition coefficient (Wildman–Crippen LogP) is 5.45. The lowest BCUT2D eigenvalue weighted by atomic mass is 9.91. The Bertz CT molecular complexity index is 1190. The number of aromatic carboxylic acids is 1. The Morgan fingerprint density at radius 1 is 1.24 bits per heavy atom. The smallest absolute Gasteiger partial charge is 0.335 e. The van der Waals surface area contributed by atoms with E-state index in [9.17, 15) is 14.3 Å². The molecule has 3 aromatic rings. The standard InChI is InChI=1S/C27H31FN2O4/c1-16-11-24(33-2)21(25-22(28)13-29-26(16)25)14-30-10-9-20(34-15-17-3-4-17)12-23(30)18-5-7-19(8-6-18)27(31)32/h5-8,11,13,17,20,23,29H,3-4,9-10,12,14-15H2,1-2H3,(H,31,32)/t20-,23-/m0/s1. The van der Waals surface area contributed by atoms with E-state index < -0.39 is 5.97 Å². The molecule has 0 radical (unpaired) electrons. The van der Waals surface area contributed by atoms with Crippen molar-refractivity contribution < 1.29 is 23.8 Å². The van der Waals surface area contributed by atoms with Gasteiger partial charge in [-0.2, -0.15) is 0 Å². The third-order valence-electron chi connectivity index (χ3n) is 7.23. The summed E-state index contributed by atoms with van der Waals surface area (Å²) in [4.78, 5) is 16.7. The van der Waals surface area contributed by atoms with E-state index in [1.807, 2.05) is 25.1 Å². The van der Waals surface area contributed by atoms with E-state index in [1.165, 1.54) is 19.0 Å². The molecular formula is C27H31FN2O4. The number of benzene rings is 2. The third-order valence-corrected chi connectivity index (χ3v) is 7.23. The summed E-state index contributed by atoms with van der Waals surface area (Å²) in [7, 11) is 1.62. The highest BCUT2D eigenvalue weighted by Crippen LogP contribution is 2.39. The number of nitrogens with zero attached hydrogens (tertiary/aromatic N) is 1. The lowest BCUT2D eigenvalue weighted by molar-refractivity contribution is -0.0229. The van der Waals surface area contributed by atoms with Crippen molar-refractivity contribution in [3.63, 3.8) is 0 Å². The van der Waals surface area contributed by atoms with Crippen LogP contribution in [0.15, 0.2) is 36.5 Å². The largest absolute Gasteiger partial charge is 0.496 e. The number of rotatable bonds is 8. The molecule has 34 heavy (non-hydrogen) atoms. The summed E-state index contributed by atoms with van der Waals surface area (Å²) in [5, 5.41) is 9.88. The van der Waals surface area contributed by atoms with Crippen LogP contribution < -0.4 is 4.74 Å². The van der Waals surface area contributed by atoms with Gasteiger partial charge in [0.15, 0.2) is 0 Å². The molecular weight excluding hydrogens is 435 g/mol. The number of likely N-dealkylation sites (tertiary alicyclic amines) is 1.